The van der Waals surface area contributed by atoms with Gasteiger partial charge in [-0.15, -0.1) is 0 Å². The van der Waals surface area contributed by atoms with E-state index in [1.807, 2.05) is 0 Å². The average molecular weight is 343 g/mol. The predicted molar refractivity (Wildman–Crippen MR) is 59.7 cm³/mol. The molecular formula is C11H7BrF4O3. The molecule has 0 aromatic heterocycles. The van der Waals surface area contributed by atoms with Gasteiger partial charge in [0.1, 0.15) is 5.78 Å². The molecule has 19 heavy (non-hydrogen) atoms. The van der Waals surface area contributed by atoms with E-state index in [1.165, 1.54) is 6.92 Å². The molecule has 0 bridgehead atoms. The number of ether oxygens (including phenoxy) is 2. The van der Waals surface area contributed by atoms with Crippen molar-refractivity contribution < 1.29 is 31.8 Å². The third-order valence-corrected chi connectivity index (χ3v) is 3.11. The highest BCUT2D eigenvalue weighted by Gasteiger charge is 2.66. The third kappa shape index (κ3) is 2.54. The van der Waals surface area contributed by atoms with Gasteiger partial charge in [-0.1, -0.05) is 15.9 Å². The van der Waals surface area contributed by atoms with Crippen LogP contribution in [0.5, 0.6) is 11.5 Å². The summed E-state index contributed by atoms with van der Waals surface area (Å²) in [5, 5.41) is 0. The SMILES string of the molecule is CC(=O)Cc1cc2c(cc1Br)OC(F)(F)C(F)(F)O2. The summed E-state index contributed by atoms with van der Waals surface area (Å²) in [6.07, 6.45) is -9.55. The van der Waals surface area contributed by atoms with E-state index in [0.717, 1.165) is 12.1 Å². The highest BCUT2D eigenvalue weighted by Crippen LogP contribution is 2.48. The quantitative estimate of drug-likeness (QED) is 0.771. The Labute approximate surface area is 113 Å². The Morgan fingerprint density at radius 1 is 1.16 bits per heavy atom. The van der Waals surface area contributed by atoms with Crippen molar-refractivity contribution in [1.82, 2.24) is 0 Å². The van der Waals surface area contributed by atoms with Crippen LogP contribution in [0, 0.1) is 0 Å². The predicted octanol–water partition coefficient (Wildman–Crippen LogP) is 3.54. The molecular weight excluding hydrogens is 336 g/mol. The molecule has 0 spiro atoms. The van der Waals surface area contributed by atoms with E-state index < -0.39 is 23.7 Å². The molecule has 8 heteroatoms. The summed E-state index contributed by atoms with van der Waals surface area (Å²) in [5.74, 6) is -1.26. The molecule has 0 unspecified atom stereocenters. The summed E-state index contributed by atoms with van der Waals surface area (Å²) in [6.45, 7) is 1.31. The Balaban J connectivity index is 2.45. The summed E-state index contributed by atoms with van der Waals surface area (Å²) in [4.78, 5) is 11.0. The summed E-state index contributed by atoms with van der Waals surface area (Å²) in [7, 11) is 0. The second-order valence-corrected chi connectivity index (χ2v) is 4.86. The fourth-order valence-corrected chi connectivity index (χ4v) is 2.00. The molecule has 3 nitrogen and oxygen atoms in total. The molecule has 1 aromatic rings. The largest absolute Gasteiger partial charge is 0.507 e. The lowest BCUT2D eigenvalue weighted by atomic mass is 10.1. The second kappa shape index (κ2) is 4.36. The van der Waals surface area contributed by atoms with E-state index in [-0.39, 0.29) is 12.2 Å². The van der Waals surface area contributed by atoms with Crippen LogP contribution in [0.3, 0.4) is 0 Å². The molecule has 104 valence electrons. The van der Waals surface area contributed by atoms with Gasteiger partial charge in [0.2, 0.25) is 0 Å². The Morgan fingerprint density at radius 3 is 2.11 bits per heavy atom. The van der Waals surface area contributed by atoms with Gasteiger partial charge in [-0.2, -0.15) is 17.6 Å². The fourth-order valence-electron chi connectivity index (χ4n) is 1.54. The van der Waals surface area contributed by atoms with Gasteiger partial charge in [0.15, 0.2) is 11.5 Å². The molecule has 1 aromatic carbocycles. The first kappa shape index (κ1) is 14.1. The van der Waals surface area contributed by atoms with Gasteiger partial charge in [-0.3, -0.25) is 4.79 Å². The van der Waals surface area contributed by atoms with Crippen LogP contribution in [-0.4, -0.2) is 18.0 Å². The van der Waals surface area contributed by atoms with Gasteiger partial charge in [-0.05, 0) is 24.6 Å². The molecule has 0 saturated carbocycles. The van der Waals surface area contributed by atoms with Gasteiger partial charge in [0, 0.05) is 10.9 Å². The van der Waals surface area contributed by atoms with E-state index in [4.69, 9.17) is 0 Å². The average Bonchev–Trinajstić information content (AvgIpc) is 2.21. The van der Waals surface area contributed by atoms with Crippen molar-refractivity contribution in [2.24, 2.45) is 0 Å². The first-order chi connectivity index (χ1) is 8.62. The number of benzene rings is 1. The van der Waals surface area contributed by atoms with E-state index in [1.54, 1.807) is 0 Å². The maximum Gasteiger partial charge on any atom is 0.507 e. The molecule has 0 aliphatic carbocycles. The zero-order valence-electron chi connectivity index (χ0n) is 9.48. The molecule has 1 aliphatic rings. The van der Waals surface area contributed by atoms with Crippen molar-refractivity contribution in [2.45, 2.75) is 25.6 Å². The molecule has 0 amide bonds. The van der Waals surface area contributed by atoms with Crippen LogP contribution >= 0.6 is 15.9 Å². The number of hydrogen-bond donors (Lipinski definition) is 0. The van der Waals surface area contributed by atoms with Gasteiger partial charge >= 0.3 is 12.2 Å². The summed E-state index contributed by atoms with van der Waals surface area (Å²) in [6, 6.07) is 2.14. The lowest BCUT2D eigenvalue weighted by Gasteiger charge is -2.32. The summed E-state index contributed by atoms with van der Waals surface area (Å²) < 4.78 is 60.1. The van der Waals surface area contributed by atoms with Gasteiger partial charge in [0.25, 0.3) is 0 Å². The molecule has 0 N–H and O–H groups in total. The van der Waals surface area contributed by atoms with Crippen LogP contribution in [0.15, 0.2) is 16.6 Å². The topological polar surface area (TPSA) is 35.5 Å². The maximum atomic E-state index is 13.0. The van der Waals surface area contributed by atoms with E-state index >= 15 is 0 Å². The Morgan fingerprint density at radius 2 is 1.63 bits per heavy atom. The number of hydrogen-bond acceptors (Lipinski definition) is 3. The number of Topliss-reactive ketones (excluding diaryl/α,β-unsaturated/α-hetero) is 1. The molecule has 0 radical (unpaired) electrons. The third-order valence-electron chi connectivity index (χ3n) is 2.37. The maximum absolute atomic E-state index is 13.0. The molecule has 0 fully saturated rings. The first-order valence-corrected chi connectivity index (χ1v) is 5.87. The molecule has 1 heterocycles. The van der Waals surface area contributed by atoms with Crippen LogP contribution < -0.4 is 9.47 Å². The fraction of sp³-hybridized carbons (Fsp3) is 0.364. The van der Waals surface area contributed by atoms with Crippen LogP contribution in [-0.2, 0) is 11.2 Å². The number of halogens is 5. The van der Waals surface area contributed by atoms with Crippen LogP contribution in [0.25, 0.3) is 0 Å². The zero-order valence-corrected chi connectivity index (χ0v) is 11.1. The molecule has 2 rings (SSSR count). The van der Waals surface area contributed by atoms with Crippen molar-refractivity contribution in [3.05, 3.63) is 22.2 Å². The lowest BCUT2D eigenvalue weighted by Crippen LogP contribution is -2.52. The molecule has 0 atom stereocenters. The van der Waals surface area contributed by atoms with Crippen LogP contribution in [0.1, 0.15) is 12.5 Å². The minimum atomic E-state index is -4.76. The second-order valence-electron chi connectivity index (χ2n) is 4.01. The van der Waals surface area contributed by atoms with Crippen molar-refractivity contribution in [3.63, 3.8) is 0 Å². The van der Waals surface area contributed by atoms with Gasteiger partial charge in [0.05, 0.1) is 0 Å². The molecule has 0 saturated heterocycles. The summed E-state index contributed by atoms with van der Waals surface area (Å²) in [5.41, 5.74) is 0.343. The number of alkyl halides is 4. The lowest BCUT2D eigenvalue weighted by molar-refractivity contribution is -0.391. The van der Waals surface area contributed by atoms with Crippen molar-refractivity contribution in [2.75, 3.05) is 0 Å². The van der Waals surface area contributed by atoms with Crippen molar-refractivity contribution in [3.8, 4) is 11.5 Å². The van der Waals surface area contributed by atoms with Crippen molar-refractivity contribution >= 4 is 21.7 Å². The van der Waals surface area contributed by atoms with E-state index in [2.05, 4.69) is 25.4 Å². The van der Waals surface area contributed by atoms with Gasteiger partial charge < -0.3 is 9.47 Å². The number of carbonyl (C=O) groups is 1. The smallest absolute Gasteiger partial charge is 0.421 e. The van der Waals surface area contributed by atoms with E-state index in [9.17, 15) is 22.4 Å². The minimum Gasteiger partial charge on any atom is -0.421 e. The Hall–Kier alpha value is -1.31. The highest BCUT2D eigenvalue weighted by molar-refractivity contribution is 9.10. The minimum absolute atomic E-state index is 0.0425. The summed E-state index contributed by atoms with van der Waals surface area (Å²) >= 11 is 3.05. The highest BCUT2D eigenvalue weighted by atomic mass is 79.9. The number of carbonyl (C=O) groups excluding carboxylic acids is 1. The van der Waals surface area contributed by atoms with Crippen LogP contribution in [0.2, 0.25) is 0 Å². The van der Waals surface area contributed by atoms with E-state index in [0.29, 0.717) is 10.0 Å². The Bertz CT molecular complexity index is 545. The number of ketones is 1. The monoisotopic (exact) mass is 342 g/mol. The Kier molecular flexibility index (Phi) is 3.24. The first-order valence-electron chi connectivity index (χ1n) is 5.08. The van der Waals surface area contributed by atoms with Gasteiger partial charge in [-0.25, -0.2) is 0 Å². The van der Waals surface area contributed by atoms with Crippen LogP contribution in [0.4, 0.5) is 17.6 Å². The van der Waals surface area contributed by atoms with Crippen molar-refractivity contribution in [1.29, 1.82) is 0 Å². The number of rotatable bonds is 2. The standard InChI is InChI=1S/C11H7BrF4O3/c1-5(17)2-6-3-8-9(4-7(6)12)19-11(15,16)10(13,14)18-8/h3-4H,2H2,1H3. The zero-order chi connectivity index (χ0) is 14.4. The molecule has 1 aliphatic heterocycles. The normalized spacial score (nSPS) is 19.1. The number of fused-ring (bicyclic) bond motifs is 1.